The van der Waals surface area contributed by atoms with Gasteiger partial charge in [0.05, 0.1) is 12.0 Å². The van der Waals surface area contributed by atoms with E-state index in [9.17, 15) is 13.2 Å². The monoisotopic (exact) mass is 451 g/mol. The van der Waals surface area contributed by atoms with E-state index >= 15 is 0 Å². The van der Waals surface area contributed by atoms with Crippen LogP contribution in [0.15, 0.2) is 41.6 Å². The highest BCUT2D eigenvalue weighted by Crippen LogP contribution is 2.22. The van der Waals surface area contributed by atoms with Gasteiger partial charge < -0.3 is 15.4 Å². The number of hydrogen-bond donors (Lipinski definition) is 3. The molecule has 1 amide bonds. The number of carbonyl (C=O) groups excluding carboxylic acids is 1. The summed E-state index contributed by atoms with van der Waals surface area (Å²) in [6.07, 6.45) is 7.19. The Hall–Kier alpha value is -2.79. The predicted octanol–water partition coefficient (Wildman–Crippen LogP) is 3.07. The van der Waals surface area contributed by atoms with Gasteiger partial charge in [0.2, 0.25) is 11.7 Å². The van der Waals surface area contributed by atoms with E-state index in [1.54, 1.807) is 12.1 Å². The third-order valence-electron chi connectivity index (χ3n) is 4.02. The summed E-state index contributed by atoms with van der Waals surface area (Å²) >= 11 is 5.13. The van der Waals surface area contributed by atoms with Crippen LogP contribution in [-0.2, 0) is 14.8 Å². The van der Waals surface area contributed by atoms with Crippen LogP contribution in [0.4, 0.5) is 11.5 Å². The molecule has 30 heavy (non-hydrogen) atoms. The van der Waals surface area contributed by atoms with Crippen molar-refractivity contribution in [3.63, 3.8) is 0 Å². The highest BCUT2D eigenvalue weighted by atomic mass is 32.2. The topological polar surface area (TPSA) is 122 Å². The van der Waals surface area contributed by atoms with Crippen LogP contribution in [0.25, 0.3) is 0 Å². The van der Waals surface area contributed by atoms with Gasteiger partial charge in [-0.1, -0.05) is 26.2 Å². The smallest absolute Gasteiger partial charge is 0.263 e. The minimum atomic E-state index is -3.89. The maximum absolute atomic E-state index is 12.6. The summed E-state index contributed by atoms with van der Waals surface area (Å²) in [6.45, 7) is 2.11. The van der Waals surface area contributed by atoms with Crippen LogP contribution in [0.2, 0.25) is 0 Å². The second-order valence-electron chi connectivity index (χ2n) is 6.36. The molecule has 1 heterocycles. The molecule has 11 heteroatoms. The Morgan fingerprint density at radius 3 is 2.47 bits per heavy atom. The van der Waals surface area contributed by atoms with Gasteiger partial charge in [-0.05, 0) is 42.9 Å². The molecule has 0 bridgehead atoms. The average molecular weight is 452 g/mol. The zero-order chi connectivity index (χ0) is 22.0. The van der Waals surface area contributed by atoms with Crippen LogP contribution < -0.4 is 20.1 Å². The largest absolute Gasteiger partial charge is 0.478 e. The molecule has 0 saturated heterocycles. The van der Waals surface area contributed by atoms with Crippen LogP contribution >= 0.6 is 12.2 Å². The van der Waals surface area contributed by atoms with Crippen molar-refractivity contribution < 1.29 is 17.9 Å². The molecule has 0 aliphatic carbocycles. The summed E-state index contributed by atoms with van der Waals surface area (Å²) in [6, 6.07) is 5.90. The van der Waals surface area contributed by atoms with Gasteiger partial charge in [0.1, 0.15) is 0 Å². The Labute approximate surface area is 181 Å². The maximum atomic E-state index is 12.6. The number of nitrogens with one attached hydrogen (secondary N) is 3. The highest BCUT2D eigenvalue weighted by molar-refractivity contribution is 7.92. The molecule has 0 spiro atoms. The van der Waals surface area contributed by atoms with Gasteiger partial charge >= 0.3 is 0 Å². The lowest BCUT2D eigenvalue weighted by molar-refractivity contribution is -0.119. The van der Waals surface area contributed by atoms with Crippen molar-refractivity contribution in [2.24, 2.45) is 0 Å². The van der Waals surface area contributed by atoms with Crippen molar-refractivity contribution in [3.8, 4) is 5.88 Å². The molecule has 0 saturated carbocycles. The molecule has 162 valence electrons. The Bertz CT molecular complexity index is 965. The third kappa shape index (κ3) is 7.23. The number of carbonyl (C=O) groups is 1. The van der Waals surface area contributed by atoms with Crippen molar-refractivity contribution in [2.75, 3.05) is 17.1 Å². The molecule has 1 aromatic carbocycles. The Morgan fingerprint density at radius 2 is 1.80 bits per heavy atom. The molecular formula is C19H25N5O4S2. The van der Waals surface area contributed by atoms with E-state index < -0.39 is 10.0 Å². The van der Waals surface area contributed by atoms with Crippen LogP contribution in [0, 0.1) is 0 Å². The zero-order valence-corrected chi connectivity index (χ0v) is 18.5. The second-order valence-corrected chi connectivity index (χ2v) is 8.45. The Balaban J connectivity index is 1.94. The first kappa shape index (κ1) is 23.5. The lowest BCUT2D eigenvalue weighted by Gasteiger charge is -2.12. The summed E-state index contributed by atoms with van der Waals surface area (Å²) in [5.41, 5.74) is 0.544. The minimum Gasteiger partial charge on any atom is -0.478 e. The number of rotatable bonds is 10. The number of aromatic nitrogens is 2. The zero-order valence-electron chi connectivity index (χ0n) is 16.8. The van der Waals surface area contributed by atoms with Gasteiger partial charge in [-0.3, -0.25) is 9.52 Å². The standard InChI is InChI=1S/C19H25N5O4S2/c1-3-4-5-6-7-16(25)23-19(29)22-14-8-10-15(11-9-14)30(26,27)24-17-18(28-2)21-13-12-20-17/h8-13H,3-7H2,1-2H3,(H,20,24)(H2,22,23,25,29). The number of nitrogens with zero attached hydrogens (tertiary/aromatic N) is 2. The van der Waals surface area contributed by atoms with E-state index in [1.165, 1.54) is 31.6 Å². The summed E-state index contributed by atoms with van der Waals surface area (Å²) in [5.74, 6) is -0.0925. The molecule has 2 aromatic rings. The number of benzene rings is 1. The van der Waals surface area contributed by atoms with Crippen LogP contribution in [0.5, 0.6) is 5.88 Å². The van der Waals surface area contributed by atoms with Crippen LogP contribution in [0.1, 0.15) is 39.0 Å². The van der Waals surface area contributed by atoms with Gasteiger partial charge in [0.25, 0.3) is 15.9 Å². The number of ether oxygens (including phenoxy) is 1. The first-order valence-electron chi connectivity index (χ1n) is 9.44. The Kier molecular flexibility index (Phi) is 8.93. The Morgan fingerprint density at radius 1 is 1.10 bits per heavy atom. The van der Waals surface area contributed by atoms with Crippen molar-refractivity contribution in [1.82, 2.24) is 15.3 Å². The van der Waals surface area contributed by atoms with Crippen molar-refractivity contribution >= 4 is 44.8 Å². The SMILES string of the molecule is CCCCCCC(=O)NC(=S)Nc1ccc(S(=O)(=O)Nc2nccnc2OC)cc1. The first-order chi connectivity index (χ1) is 14.4. The summed E-state index contributed by atoms with van der Waals surface area (Å²) in [5, 5.41) is 5.64. The quantitative estimate of drug-likeness (QED) is 0.372. The van der Waals surface area contributed by atoms with E-state index in [4.69, 9.17) is 17.0 Å². The first-order valence-corrected chi connectivity index (χ1v) is 11.3. The van der Waals surface area contributed by atoms with Crippen LogP contribution in [-0.4, -0.2) is 36.5 Å². The molecule has 2 rings (SSSR count). The number of unbranched alkanes of at least 4 members (excludes halogenated alkanes) is 3. The summed E-state index contributed by atoms with van der Waals surface area (Å²) in [7, 11) is -2.52. The molecule has 0 aliphatic heterocycles. The fourth-order valence-electron chi connectivity index (χ4n) is 2.51. The van der Waals surface area contributed by atoms with Crippen molar-refractivity contribution in [2.45, 2.75) is 43.9 Å². The molecule has 1 aromatic heterocycles. The number of amides is 1. The fraction of sp³-hybridized carbons (Fsp3) is 0.368. The molecule has 3 N–H and O–H groups in total. The van der Waals surface area contributed by atoms with Gasteiger partial charge in [0.15, 0.2) is 5.11 Å². The average Bonchev–Trinajstić information content (AvgIpc) is 2.71. The minimum absolute atomic E-state index is 0.00923. The van der Waals surface area contributed by atoms with Gasteiger partial charge in [-0.15, -0.1) is 0 Å². The lowest BCUT2D eigenvalue weighted by Crippen LogP contribution is -2.33. The maximum Gasteiger partial charge on any atom is 0.263 e. The number of methoxy groups -OCH3 is 1. The molecule has 0 atom stereocenters. The number of thiocarbonyl (C=S) groups is 1. The number of hydrogen-bond acceptors (Lipinski definition) is 7. The molecule has 9 nitrogen and oxygen atoms in total. The second kappa shape index (κ2) is 11.4. The van der Waals surface area contributed by atoms with E-state index in [1.807, 2.05) is 0 Å². The van der Waals surface area contributed by atoms with Gasteiger partial charge in [0, 0.05) is 24.5 Å². The number of anilines is 2. The molecule has 0 fully saturated rings. The third-order valence-corrected chi connectivity index (χ3v) is 5.58. The lowest BCUT2D eigenvalue weighted by atomic mass is 10.1. The normalized spacial score (nSPS) is 10.9. The van der Waals surface area contributed by atoms with Gasteiger partial charge in [-0.25, -0.2) is 18.4 Å². The van der Waals surface area contributed by atoms with Crippen LogP contribution in [0.3, 0.4) is 0 Å². The van der Waals surface area contributed by atoms with Crippen molar-refractivity contribution in [3.05, 3.63) is 36.7 Å². The fourth-order valence-corrected chi connectivity index (χ4v) is 3.75. The molecular weight excluding hydrogens is 426 g/mol. The molecule has 0 unspecified atom stereocenters. The number of sulfonamides is 1. The van der Waals surface area contributed by atoms with E-state index in [0.717, 1.165) is 25.7 Å². The van der Waals surface area contributed by atoms with E-state index in [2.05, 4.69) is 32.2 Å². The van der Waals surface area contributed by atoms with Gasteiger partial charge in [-0.2, -0.15) is 0 Å². The van der Waals surface area contributed by atoms with E-state index in [-0.39, 0.29) is 27.6 Å². The molecule has 0 radical (unpaired) electrons. The molecule has 0 aliphatic rings. The summed E-state index contributed by atoms with van der Waals surface area (Å²) in [4.78, 5) is 19.7. The predicted molar refractivity (Wildman–Crippen MR) is 119 cm³/mol. The van der Waals surface area contributed by atoms with Crippen molar-refractivity contribution in [1.29, 1.82) is 0 Å². The highest BCUT2D eigenvalue weighted by Gasteiger charge is 2.18. The van der Waals surface area contributed by atoms with E-state index in [0.29, 0.717) is 12.1 Å². The summed E-state index contributed by atoms with van der Waals surface area (Å²) < 4.78 is 32.5.